The molecule has 0 aliphatic heterocycles. The largest absolute Gasteiger partial charge is 0.481 e. The summed E-state index contributed by atoms with van der Waals surface area (Å²) < 4.78 is 0. The van der Waals surface area contributed by atoms with Crippen molar-refractivity contribution in [3.8, 4) is 0 Å². The molecule has 0 amide bonds. The number of hydrogen-bond acceptors (Lipinski definition) is 2. The topological polar surface area (TPSA) is 74.6 Å². The van der Waals surface area contributed by atoms with E-state index >= 15 is 0 Å². The Morgan fingerprint density at radius 3 is 1.18 bits per heavy atom. The van der Waals surface area contributed by atoms with Crippen LogP contribution in [-0.4, -0.2) is 22.2 Å². The zero-order chi connectivity index (χ0) is 16.5. The van der Waals surface area contributed by atoms with E-state index in [9.17, 15) is 9.59 Å². The van der Waals surface area contributed by atoms with Crippen molar-refractivity contribution in [1.29, 1.82) is 0 Å². The quantitative estimate of drug-likeness (QED) is 0.901. The maximum Gasteiger partial charge on any atom is 0.310 e. The standard InChI is InChI=1S/2C9H10O2/c2*1-7(9(10)11)8-5-3-2-4-6-8/h2*2-7H,1H3,(H,10,11)/t2*7-/m11/s1. The van der Waals surface area contributed by atoms with Gasteiger partial charge in [-0.05, 0) is 25.0 Å². The zero-order valence-corrected chi connectivity index (χ0v) is 12.6. The highest BCUT2D eigenvalue weighted by Crippen LogP contribution is 2.14. The Balaban J connectivity index is 0.000000220. The van der Waals surface area contributed by atoms with Gasteiger partial charge in [-0.25, -0.2) is 0 Å². The third-order valence-corrected chi connectivity index (χ3v) is 3.34. The number of rotatable bonds is 4. The normalized spacial score (nSPS) is 12.5. The van der Waals surface area contributed by atoms with Crippen molar-refractivity contribution < 1.29 is 19.8 Å². The Morgan fingerprint density at radius 1 is 0.682 bits per heavy atom. The lowest BCUT2D eigenvalue weighted by Gasteiger charge is -2.04. The number of aliphatic carboxylic acids is 2. The van der Waals surface area contributed by atoms with Gasteiger partial charge in [-0.3, -0.25) is 9.59 Å². The molecule has 0 aliphatic carbocycles. The molecular formula is C18H20O4. The van der Waals surface area contributed by atoms with Crippen molar-refractivity contribution in [2.24, 2.45) is 0 Å². The monoisotopic (exact) mass is 300 g/mol. The molecule has 0 fully saturated rings. The Hall–Kier alpha value is -2.62. The molecule has 2 aromatic rings. The maximum absolute atomic E-state index is 10.5. The van der Waals surface area contributed by atoms with Gasteiger partial charge in [0.2, 0.25) is 0 Å². The van der Waals surface area contributed by atoms with Gasteiger partial charge in [0.25, 0.3) is 0 Å². The van der Waals surface area contributed by atoms with Gasteiger partial charge in [0.1, 0.15) is 0 Å². The van der Waals surface area contributed by atoms with Crippen LogP contribution in [0.4, 0.5) is 0 Å². The lowest BCUT2D eigenvalue weighted by atomic mass is 10.0. The number of carboxylic acid groups (broad SMARTS) is 2. The summed E-state index contributed by atoms with van der Waals surface area (Å²) in [6.07, 6.45) is 0. The van der Waals surface area contributed by atoms with Crippen LogP contribution >= 0.6 is 0 Å². The summed E-state index contributed by atoms with van der Waals surface area (Å²) in [5.74, 6) is -2.38. The van der Waals surface area contributed by atoms with Crippen LogP contribution in [0.1, 0.15) is 36.8 Å². The summed E-state index contributed by atoms with van der Waals surface area (Å²) in [5.41, 5.74) is 1.69. The van der Waals surface area contributed by atoms with E-state index in [-0.39, 0.29) is 0 Å². The van der Waals surface area contributed by atoms with Gasteiger partial charge in [-0.2, -0.15) is 0 Å². The second-order valence-electron chi connectivity index (χ2n) is 4.94. The van der Waals surface area contributed by atoms with Crippen molar-refractivity contribution in [3.05, 3.63) is 71.8 Å². The fourth-order valence-corrected chi connectivity index (χ4v) is 1.77. The molecule has 0 aliphatic rings. The predicted molar refractivity (Wildman–Crippen MR) is 85.0 cm³/mol. The first kappa shape index (κ1) is 17.4. The van der Waals surface area contributed by atoms with E-state index in [0.717, 1.165) is 11.1 Å². The van der Waals surface area contributed by atoms with Gasteiger partial charge in [-0.1, -0.05) is 60.7 Å². The van der Waals surface area contributed by atoms with Crippen LogP contribution in [0, 0.1) is 0 Å². The molecule has 2 atom stereocenters. The maximum atomic E-state index is 10.5. The van der Waals surface area contributed by atoms with Crippen molar-refractivity contribution in [3.63, 3.8) is 0 Å². The van der Waals surface area contributed by atoms with Gasteiger partial charge in [-0.15, -0.1) is 0 Å². The van der Waals surface area contributed by atoms with Crippen LogP contribution in [0.2, 0.25) is 0 Å². The Morgan fingerprint density at radius 2 is 0.955 bits per heavy atom. The number of carbonyl (C=O) groups is 2. The van der Waals surface area contributed by atoms with Crippen LogP contribution in [0.25, 0.3) is 0 Å². The molecule has 0 saturated carbocycles. The van der Waals surface area contributed by atoms with Gasteiger partial charge in [0, 0.05) is 0 Å². The summed E-state index contributed by atoms with van der Waals surface area (Å²) in [4.78, 5) is 21.0. The smallest absolute Gasteiger partial charge is 0.310 e. The van der Waals surface area contributed by atoms with E-state index in [4.69, 9.17) is 10.2 Å². The van der Waals surface area contributed by atoms with E-state index in [1.54, 1.807) is 13.8 Å². The number of benzene rings is 2. The SMILES string of the molecule is C[C@@H](C(=O)O)c1ccccc1.C[C@@H](C(=O)O)c1ccccc1. The lowest BCUT2D eigenvalue weighted by molar-refractivity contribution is -0.139. The summed E-state index contributed by atoms with van der Waals surface area (Å²) in [6.45, 7) is 3.36. The second kappa shape index (κ2) is 8.62. The van der Waals surface area contributed by atoms with Crippen LogP contribution in [0.15, 0.2) is 60.7 Å². The highest BCUT2D eigenvalue weighted by Gasteiger charge is 2.12. The molecule has 2 rings (SSSR count). The Labute approximate surface area is 130 Å². The van der Waals surface area contributed by atoms with Crippen LogP contribution < -0.4 is 0 Å². The van der Waals surface area contributed by atoms with E-state index in [2.05, 4.69) is 0 Å². The molecular weight excluding hydrogens is 280 g/mol. The minimum atomic E-state index is -0.781. The third-order valence-electron chi connectivity index (χ3n) is 3.34. The van der Waals surface area contributed by atoms with E-state index < -0.39 is 23.8 Å². The minimum Gasteiger partial charge on any atom is -0.481 e. The molecule has 0 aromatic heterocycles. The van der Waals surface area contributed by atoms with E-state index in [1.165, 1.54) is 0 Å². The van der Waals surface area contributed by atoms with E-state index in [1.807, 2.05) is 60.7 Å². The van der Waals surface area contributed by atoms with Crippen LogP contribution in [0.5, 0.6) is 0 Å². The van der Waals surface area contributed by atoms with Crippen molar-refractivity contribution in [2.45, 2.75) is 25.7 Å². The number of carboxylic acids is 2. The average molecular weight is 300 g/mol. The average Bonchev–Trinajstić information content (AvgIpc) is 2.55. The first-order valence-corrected chi connectivity index (χ1v) is 6.99. The van der Waals surface area contributed by atoms with Gasteiger partial charge in [0.05, 0.1) is 11.8 Å². The Kier molecular flexibility index (Phi) is 6.83. The number of hydrogen-bond donors (Lipinski definition) is 2. The van der Waals surface area contributed by atoms with Crippen molar-refractivity contribution in [2.75, 3.05) is 0 Å². The minimum absolute atomic E-state index is 0.406. The summed E-state index contributed by atoms with van der Waals surface area (Å²) >= 11 is 0. The molecule has 22 heavy (non-hydrogen) atoms. The highest BCUT2D eigenvalue weighted by atomic mass is 16.4. The second-order valence-corrected chi connectivity index (χ2v) is 4.94. The molecule has 0 saturated heterocycles. The zero-order valence-electron chi connectivity index (χ0n) is 12.6. The predicted octanol–water partition coefficient (Wildman–Crippen LogP) is 3.75. The molecule has 0 bridgehead atoms. The lowest BCUT2D eigenvalue weighted by Crippen LogP contribution is -2.06. The summed E-state index contributed by atoms with van der Waals surface area (Å²) in [6, 6.07) is 18.4. The van der Waals surface area contributed by atoms with Crippen molar-refractivity contribution in [1.82, 2.24) is 0 Å². The first-order valence-electron chi connectivity index (χ1n) is 6.99. The molecule has 0 heterocycles. The molecule has 2 aromatic carbocycles. The third kappa shape index (κ3) is 5.40. The van der Waals surface area contributed by atoms with E-state index in [0.29, 0.717) is 0 Å². The van der Waals surface area contributed by atoms with Crippen LogP contribution in [-0.2, 0) is 9.59 Å². The summed E-state index contributed by atoms with van der Waals surface area (Å²) in [7, 11) is 0. The molecule has 0 spiro atoms. The molecule has 0 radical (unpaired) electrons. The fourth-order valence-electron chi connectivity index (χ4n) is 1.77. The van der Waals surface area contributed by atoms with Gasteiger partial charge < -0.3 is 10.2 Å². The van der Waals surface area contributed by atoms with Gasteiger partial charge >= 0.3 is 11.9 Å². The molecule has 2 N–H and O–H groups in total. The van der Waals surface area contributed by atoms with Gasteiger partial charge in [0.15, 0.2) is 0 Å². The Bertz CT molecular complexity index is 537. The first-order chi connectivity index (χ1) is 10.4. The molecule has 116 valence electrons. The van der Waals surface area contributed by atoms with Crippen molar-refractivity contribution >= 4 is 11.9 Å². The fraction of sp³-hybridized carbons (Fsp3) is 0.222. The molecule has 0 unspecified atom stereocenters. The molecule has 4 heteroatoms. The summed E-state index contributed by atoms with van der Waals surface area (Å²) in [5, 5.41) is 17.3. The van der Waals surface area contributed by atoms with Crippen LogP contribution in [0.3, 0.4) is 0 Å². The highest BCUT2D eigenvalue weighted by molar-refractivity contribution is 5.75. The molecule has 4 nitrogen and oxygen atoms in total.